The molecule has 0 aromatic carbocycles. The van der Waals surface area contributed by atoms with E-state index in [0.29, 0.717) is 11.5 Å². The van der Waals surface area contributed by atoms with Gasteiger partial charge in [0.05, 0.1) is 17.5 Å². The number of piperidine rings is 1. The molecule has 2 fully saturated rings. The van der Waals surface area contributed by atoms with Crippen LogP contribution < -0.4 is 0 Å². The van der Waals surface area contributed by atoms with Crippen LogP contribution >= 0.6 is 0 Å². The lowest BCUT2D eigenvalue weighted by atomic mass is 9.88. The summed E-state index contributed by atoms with van der Waals surface area (Å²) in [5.41, 5.74) is 4.26. The Morgan fingerprint density at radius 3 is 2.52 bits per heavy atom. The number of aryl methyl sites for hydroxylation is 1. The molecule has 1 N–H and O–H groups in total. The summed E-state index contributed by atoms with van der Waals surface area (Å²) in [6.07, 6.45) is 9.05. The zero-order valence-electron chi connectivity index (χ0n) is 19.4. The Morgan fingerprint density at radius 2 is 1.84 bits per heavy atom. The van der Waals surface area contributed by atoms with Gasteiger partial charge >= 0.3 is 0 Å². The first-order valence-corrected chi connectivity index (χ1v) is 11.7. The average molecular weight is 425 g/mol. The summed E-state index contributed by atoms with van der Waals surface area (Å²) in [6, 6.07) is 0. The number of hydrogen-bond donors (Lipinski definition) is 1. The Balaban J connectivity index is 1.38. The third-order valence-corrected chi connectivity index (χ3v) is 6.66. The van der Waals surface area contributed by atoms with Crippen molar-refractivity contribution in [3.63, 3.8) is 0 Å². The smallest absolute Gasteiger partial charge is 0.257 e. The summed E-state index contributed by atoms with van der Waals surface area (Å²) < 4.78 is 0. The van der Waals surface area contributed by atoms with E-state index < -0.39 is 0 Å². The minimum atomic E-state index is 0.0767. The summed E-state index contributed by atoms with van der Waals surface area (Å²) in [5, 5.41) is 7.49. The van der Waals surface area contributed by atoms with E-state index in [4.69, 9.17) is 4.98 Å². The summed E-state index contributed by atoms with van der Waals surface area (Å²) in [7, 11) is 0. The maximum absolute atomic E-state index is 13.0. The fourth-order valence-electron chi connectivity index (χ4n) is 4.89. The van der Waals surface area contributed by atoms with Gasteiger partial charge in [-0.3, -0.25) is 14.8 Å². The molecule has 0 unspecified atom stereocenters. The molecule has 168 valence electrons. The number of nitrogens with one attached hydrogen (secondary N) is 1. The van der Waals surface area contributed by atoms with Crippen LogP contribution in [-0.4, -0.2) is 62.1 Å². The van der Waals surface area contributed by atoms with Crippen molar-refractivity contribution in [1.82, 2.24) is 30.0 Å². The molecule has 2 aromatic rings. The average Bonchev–Trinajstić information content (AvgIpc) is 3.41. The molecule has 0 saturated carbocycles. The number of amides is 1. The second-order valence-electron chi connectivity index (χ2n) is 10.2. The summed E-state index contributed by atoms with van der Waals surface area (Å²) in [5.74, 6) is 1.42. The molecule has 4 heterocycles. The van der Waals surface area contributed by atoms with Gasteiger partial charge in [0.1, 0.15) is 5.82 Å². The number of hydrogen-bond acceptors (Lipinski definition) is 5. The molecule has 7 heteroatoms. The number of aromatic amines is 1. The van der Waals surface area contributed by atoms with Gasteiger partial charge in [-0.25, -0.2) is 9.97 Å². The lowest BCUT2D eigenvalue weighted by molar-refractivity contribution is 0.0790. The van der Waals surface area contributed by atoms with Crippen LogP contribution in [0.4, 0.5) is 0 Å². The predicted octanol–water partition coefficient (Wildman–Crippen LogP) is 3.50. The van der Waals surface area contributed by atoms with Gasteiger partial charge in [0.15, 0.2) is 0 Å². The third-order valence-electron chi connectivity index (χ3n) is 6.66. The van der Waals surface area contributed by atoms with Gasteiger partial charge < -0.3 is 4.90 Å². The molecule has 1 amide bonds. The monoisotopic (exact) mass is 424 g/mol. The number of nitrogens with zero attached hydrogens (tertiary/aromatic N) is 5. The van der Waals surface area contributed by atoms with E-state index in [1.54, 1.807) is 6.20 Å². The molecule has 0 aliphatic carbocycles. The number of aromatic nitrogens is 4. The van der Waals surface area contributed by atoms with Crippen LogP contribution in [0.5, 0.6) is 0 Å². The van der Waals surface area contributed by atoms with Gasteiger partial charge in [0, 0.05) is 42.5 Å². The number of rotatable bonds is 5. The highest BCUT2D eigenvalue weighted by atomic mass is 16.2. The first-order valence-electron chi connectivity index (χ1n) is 11.7. The van der Waals surface area contributed by atoms with Crippen LogP contribution in [0.3, 0.4) is 0 Å². The lowest BCUT2D eigenvalue weighted by Gasteiger charge is -2.32. The SMILES string of the molecule is Cc1ncc(C(=O)N2CCCC2)c(CC2CCN(Cc3cn[nH]c3C(C)(C)C)CC2)n1. The van der Waals surface area contributed by atoms with Gasteiger partial charge in [0.2, 0.25) is 0 Å². The molecular formula is C24H36N6O. The van der Waals surface area contributed by atoms with E-state index in [0.717, 1.165) is 76.3 Å². The molecular weight excluding hydrogens is 388 g/mol. The standard InChI is InChI=1S/C24H36N6O/c1-17-25-15-20(23(31)30-9-5-6-10-30)21(27-17)13-18-7-11-29(12-8-18)16-19-14-26-28-22(19)24(2,3)4/h14-15,18H,5-13,16H2,1-4H3,(H,26,28). The van der Waals surface area contributed by atoms with Crippen molar-refractivity contribution in [3.8, 4) is 0 Å². The van der Waals surface area contributed by atoms with Gasteiger partial charge in [-0.1, -0.05) is 20.8 Å². The second kappa shape index (κ2) is 9.07. The highest BCUT2D eigenvalue weighted by molar-refractivity contribution is 5.95. The molecule has 2 aliphatic rings. The Bertz CT molecular complexity index is 901. The van der Waals surface area contributed by atoms with Crippen molar-refractivity contribution in [2.75, 3.05) is 26.2 Å². The molecule has 7 nitrogen and oxygen atoms in total. The fraction of sp³-hybridized carbons (Fsp3) is 0.667. The molecule has 31 heavy (non-hydrogen) atoms. The normalized spacial score (nSPS) is 18.6. The van der Waals surface area contributed by atoms with Crippen molar-refractivity contribution < 1.29 is 4.79 Å². The molecule has 0 atom stereocenters. The van der Waals surface area contributed by atoms with Crippen molar-refractivity contribution >= 4 is 5.91 Å². The highest BCUT2D eigenvalue weighted by Gasteiger charge is 2.27. The largest absolute Gasteiger partial charge is 0.339 e. The van der Waals surface area contributed by atoms with Crippen molar-refractivity contribution in [2.45, 2.75) is 71.8 Å². The summed E-state index contributed by atoms with van der Waals surface area (Å²) in [6.45, 7) is 13.4. The van der Waals surface area contributed by atoms with E-state index >= 15 is 0 Å². The molecule has 2 aromatic heterocycles. The van der Waals surface area contributed by atoms with Crippen LogP contribution in [-0.2, 0) is 18.4 Å². The zero-order chi connectivity index (χ0) is 22.0. The number of carbonyl (C=O) groups excluding carboxylic acids is 1. The second-order valence-corrected chi connectivity index (χ2v) is 10.2. The van der Waals surface area contributed by atoms with E-state index in [9.17, 15) is 4.79 Å². The van der Waals surface area contributed by atoms with Gasteiger partial charge in [-0.2, -0.15) is 5.10 Å². The van der Waals surface area contributed by atoms with Crippen LogP contribution in [0, 0.1) is 12.8 Å². The topological polar surface area (TPSA) is 78.0 Å². The highest BCUT2D eigenvalue weighted by Crippen LogP contribution is 2.28. The molecule has 4 rings (SSSR count). The minimum absolute atomic E-state index is 0.0767. The van der Waals surface area contributed by atoms with E-state index in [2.05, 4.69) is 40.9 Å². The molecule has 2 saturated heterocycles. The number of carbonyl (C=O) groups is 1. The first-order chi connectivity index (χ1) is 14.8. The lowest BCUT2D eigenvalue weighted by Crippen LogP contribution is -2.35. The van der Waals surface area contributed by atoms with E-state index in [1.165, 1.54) is 11.3 Å². The van der Waals surface area contributed by atoms with Gasteiger partial charge in [-0.05, 0) is 58.0 Å². The van der Waals surface area contributed by atoms with Crippen molar-refractivity contribution in [3.05, 3.63) is 40.7 Å². The first kappa shape index (κ1) is 21.9. The minimum Gasteiger partial charge on any atom is -0.339 e. The van der Waals surface area contributed by atoms with Crippen LogP contribution in [0.25, 0.3) is 0 Å². The number of likely N-dealkylation sites (tertiary alicyclic amines) is 2. The Labute approximate surface area is 185 Å². The Morgan fingerprint density at radius 1 is 1.13 bits per heavy atom. The fourth-order valence-corrected chi connectivity index (χ4v) is 4.89. The number of H-pyrrole nitrogens is 1. The Hall–Kier alpha value is -2.28. The van der Waals surface area contributed by atoms with Crippen LogP contribution in [0.1, 0.15) is 79.6 Å². The molecule has 0 radical (unpaired) electrons. The zero-order valence-corrected chi connectivity index (χ0v) is 19.4. The summed E-state index contributed by atoms with van der Waals surface area (Å²) in [4.78, 5) is 26.5. The molecule has 0 spiro atoms. The van der Waals surface area contributed by atoms with Crippen LogP contribution in [0.15, 0.2) is 12.4 Å². The molecule has 0 bridgehead atoms. The van der Waals surface area contributed by atoms with E-state index in [-0.39, 0.29) is 11.3 Å². The van der Waals surface area contributed by atoms with Crippen LogP contribution in [0.2, 0.25) is 0 Å². The van der Waals surface area contributed by atoms with E-state index in [1.807, 2.05) is 18.0 Å². The predicted molar refractivity (Wildman–Crippen MR) is 121 cm³/mol. The van der Waals surface area contributed by atoms with Crippen molar-refractivity contribution in [2.24, 2.45) is 5.92 Å². The maximum atomic E-state index is 13.0. The molecule has 2 aliphatic heterocycles. The Kier molecular flexibility index (Phi) is 6.42. The summed E-state index contributed by atoms with van der Waals surface area (Å²) >= 11 is 0. The van der Waals surface area contributed by atoms with Crippen molar-refractivity contribution in [1.29, 1.82) is 0 Å². The van der Waals surface area contributed by atoms with Gasteiger partial charge in [0.25, 0.3) is 5.91 Å². The third kappa shape index (κ3) is 5.14. The van der Waals surface area contributed by atoms with Gasteiger partial charge in [-0.15, -0.1) is 0 Å². The quantitative estimate of drug-likeness (QED) is 0.795. The maximum Gasteiger partial charge on any atom is 0.257 e.